The Morgan fingerprint density at radius 2 is 1.91 bits per heavy atom. The van der Waals surface area contributed by atoms with E-state index in [9.17, 15) is 23.1 Å². The van der Waals surface area contributed by atoms with Crippen molar-refractivity contribution in [2.45, 2.75) is 50.0 Å². The van der Waals surface area contributed by atoms with Crippen LogP contribution < -0.4 is 0 Å². The highest BCUT2D eigenvalue weighted by Crippen LogP contribution is 2.53. The predicted octanol–water partition coefficient (Wildman–Crippen LogP) is 1.20. The number of hydrogen-bond acceptors (Lipinski definition) is 5. The van der Waals surface area contributed by atoms with Crippen LogP contribution in [0.2, 0.25) is 0 Å². The largest absolute Gasteiger partial charge is 0.453 e. The van der Waals surface area contributed by atoms with Crippen LogP contribution in [0.15, 0.2) is 12.2 Å². The molecule has 3 aliphatic rings. The molecule has 0 radical (unpaired) electrons. The molecule has 6 atom stereocenters. The van der Waals surface area contributed by atoms with Gasteiger partial charge in [0.1, 0.15) is 17.8 Å². The number of carbonyl (C=O) groups is 1. The maximum absolute atomic E-state index is 12.5. The molecule has 124 valence electrons. The van der Waals surface area contributed by atoms with Crippen molar-refractivity contribution in [3.63, 3.8) is 0 Å². The van der Waals surface area contributed by atoms with Crippen molar-refractivity contribution in [3.8, 4) is 0 Å². The molecule has 1 N–H and O–H groups in total. The van der Waals surface area contributed by atoms with Crippen LogP contribution in [0.3, 0.4) is 0 Å². The smallest absolute Gasteiger partial charge is 0.422 e. The van der Waals surface area contributed by atoms with E-state index in [1.54, 1.807) is 13.8 Å². The van der Waals surface area contributed by atoms with Crippen molar-refractivity contribution in [1.29, 1.82) is 0 Å². The number of hydrogen-bond donors (Lipinski definition) is 1. The lowest BCUT2D eigenvalue weighted by molar-refractivity contribution is -0.164. The second kappa shape index (κ2) is 4.69. The normalized spacial score (nSPS) is 40.1. The van der Waals surface area contributed by atoms with Crippen molar-refractivity contribution in [1.82, 2.24) is 0 Å². The van der Waals surface area contributed by atoms with Crippen LogP contribution in [-0.2, 0) is 19.0 Å². The topological polar surface area (TPSA) is 65.0 Å². The van der Waals surface area contributed by atoms with Gasteiger partial charge < -0.3 is 19.3 Å². The molecular formula is C14H17F3O5. The Morgan fingerprint density at radius 3 is 2.45 bits per heavy atom. The van der Waals surface area contributed by atoms with E-state index in [-0.39, 0.29) is 17.9 Å². The lowest BCUT2D eigenvalue weighted by Gasteiger charge is -2.36. The van der Waals surface area contributed by atoms with E-state index in [0.29, 0.717) is 6.61 Å². The molecule has 2 bridgehead atoms. The quantitative estimate of drug-likeness (QED) is 0.625. The molecule has 0 aromatic carbocycles. The maximum Gasteiger partial charge on any atom is 0.422 e. The van der Waals surface area contributed by atoms with Gasteiger partial charge in [0.25, 0.3) is 0 Å². The van der Waals surface area contributed by atoms with Gasteiger partial charge in [0.05, 0.1) is 18.3 Å². The summed E-state index contributed by atoms with van der Waals surface area (Å²) < 4.78 is 53.7. The average Bonchev–Trinajstić information content (AvgIpc) is 2.95. The highest BCUT2D eigenvalue weighted by Gasteiger charge is 2.68. The number of carbonyl (C=O) groups excluding carboxylic acids is 1. The third kappa shape index (κ3) is 2.24. The molecule has 0 aromatic rings. The first kappa shape index (κ1) is 15.8. The van der Waals surface area contributed by atoms with Gasteiger partial charge in [0.15, 0.2) is 6.10 Å². The van der Waals surface area contributed by atoms with Gasteiger partial charge in [-0.05, 0) is 13.8 Å². The molecule has 0 aliphatic carbocycles. The molecule has 6 unspecified atom stereocenters. The van der Waals surface area contributed by atoms with Crippen LogP contribution in [0.5, 0.6) is 0 Å². The van der Waals surface area contributed by atoms with E-state index in [1.807, 2.05) is 0 Å². The van der Waals surface area contributed by atoms with E-state index in [2.05, 4.69) is 6.58 Å². The van der Waals surface area contributed by atoms with Crippen molar-refractivity contribution >= 4 is 5.97 Å². The Bertz CT molecular complexity index is 510. The zero-order valence-corrected chi connectivity index (χ0v) is 12.1. The Hall–Kier alpha value is -1.12. The van der Waals surface area contributed by atoms with E-state index in [4.69, 9.17) is 14.2 Å². The SMILES string of the molecule is C=C(C(=O)OC1C2OCC3C2OC1C3C(C)(C)O)C(F)(F)F. The van der Waals surface area contributed by atoms with E-state index in [0.717, 1.165) is 0 Å². The molecule has 22 heavy (non-hydrogen) atoms. The Morgan fingerprint density at radius 1 is 1.27 bits per heavy atom. The first-order chi connectivity index (χ1) is 10.0. The summed E-state index contributed by atoms with van der Waals surface area (Å²) in [6.07, 6.45) is -7.43. The molecule has 5 nitrogen and oxygen atoms in total. The number of halogens is 3. The second-order valence-electron chi connectivity index (χ2n) is 6.55. The summed E-state index contributed by atoms with van der Waals surface area (Å²) in [5.74, 6) is -1.95. The zero-order chi connectivity index (χ0) is 16.4. The van der Waals surface area contributed by atoms with E-state index >= 15 is 0 Å². The molecule has 0 amide bonds. The number of ether oxygens (including phenoxy) is 3. The third-order valence-electron chi connectivity index (χ3n) is 4.65. The summed E-state index contributed by atoms with van der Waals surface area (Å²) in [6.45, 7) is 6.26. The van der Waals surface area contributed by atoms with Gasteiger partial charge in [-0.1, -0.05) is 6.58 Å². The fourth-order valence-electron chi connectivity index (χ4n) is 3.77. The highest BCUT2D eigenvalue weighted by molar-refractivity contribution is 5.89. The fraction of sp³-hybridized carbons (Fsp3) is 0.786. The molecule has 3 aliphatic heterocycles. The molecule has 0 spiro atoms. The van der Waals surface area contributed by atoms with Crippen molar-refractivity contribution < 1.29 is 37.3 Å². The molecule has 3 fully saturated rings. The Kier molecular flexibility index (Phi) is 3.36. The highest BCUT2D eigenvalue weighted by atomic mass is 19.4. The molecule has 0 aromatic heterocycles. The maximum atomic E-state index is 12.5. The number of esters is 1. The number of fused-ring (bicyclic) bond motifs is 1. The molecule has 3 rings (SSSR count). The summed E-state index contributed by atoms with van der Waals surface area (Å²) in [5.41, 5.74) is -2.68. The van der Waals surface area contributed by atoms with Gasteiger partial charge in [0.2, 0.25) is 0 Å². The summed E-state index contributed by atoms with van der Waals surface area (Å²) >= 11 is 0. The van der Waals surface area contributed by atoms with E-state index in [1.165, 1.54) is 0 Å². The Labute approximate surface area is 125 Å². The standard InChI is InChI=1S/C14H17F3O5/c1-5(14(15,16)17)12(18)22-11-9-7(13(2,3)19)6-4-20-10(11)8(6)21-9/h6-11,19H,1,4H2,2-3H3. The van der Waals surface area contributed by atoms with Crippen molar-refractivity contribution in [2.75, 3.05) is 6.61 Å². The summed E-state index contributed by atoms with van der Waals surface area (Å²) in [7, 11) is 0. The monoisotopic (exact) mass is 322 g/mol. The summed E-state index contributed by atoms with van der Waals surface area (Å²) in [5, 5.41) is 10.3. The van der Waals surface area contributed by atoms with Crippen molar-refractivity contribution in [3.05, 3.63) is 12.2 Å². The lowest BCUT2D eigenvalue weighted by atomic mass is 9.71. The van der Waals surface area contributed by atoms with Crippen LogP contribution in [0.1, 0.15) is 13.8 Å². The molecule has 3 saturated heterocycles. The van der Waals surface area contributed by atoms with Gasteiger partial charge >= 0.3 is 12.1 Å². The predicted molar refractivity (Wildman–Crippen MR) is 66.8 cm³/mol. The van der Waals surface area contributed by atoms with Crippen LogP contribution in [-0.4, -0.2) is 53.9 Å². The third-order valence-corrected chi connectivity index (χ3v) is 4.65. The minimum atomic E-state index is -4.84. The summed E-state index contributed by atoms with van der Waals surface area (Å²) in [6, 6.07) is 0. The number of rotatable bonds is 3. The van der Waals surface area contributed by atoms with Crippen LogP contribution in [0.4, 0.5) is 13.2 Å². The number of aliphatic hydroxyl groups is 1. The molecule has 8 heteroatoms. The van der Waals surface area contributed by atoms with Gasteiger partial charge in [0, 0.05) is 11.8 Å². The summed E-state index contributed by atoms with van der Waals surface area (Å²) in [4.78, 5) is 11.6. The van der Waals surface area contributed by atoms with Crippen LogP contribution in [0, 0.1) is 11.8 Å². The lowest BCUT2D eigenvalue weighted by Crippen LogP contribution is -2.52. The molecule has 3 heterocycles. The minimum Gasteiger partial charge on any atom is -0.453 e. The average molecular weight is 322 g/mol. The van der Waals surface area contributed by atoms with Gasteiger partial charge in [-0.3, -0.25) is 0 Å². The van der Waals surface area contributed by atoms with Crippen molar-refractivity contribution in [2.24, 2.45) is 11.8 Å². The fourth-order valence-corrected chi connectivity index (χ4v) is 3.77. The second-order valence-corrected chi connectivity index (χ2v) is 6.55. The first-order valence-corrected chi connectivity index (χ1v) is 6.98. The first-order valence-electron chi connectivity index (χ1n) is 6.98. The Balaban J connectivity index is 1.78. The number of alkyl halides is 3. The zero-order valence-electron chi connectivity index (χ0n) is 12.1. The van der Waals surface area contributed by atoms with E-state index < -0.39 is 41.6 Å². The molecular weight excluding hydrogens is 305 g/mol. The van der Waals surface area contributed by atoms with Gasteiger partial charge in [-0.2, -0.15) is 13.2 Å². The molecule has 0 saturated carbocycles. The van der Waals surface area contributed by atoms with Gasteiger partial charge in [-0.25, -0.2) is 4.79 Å². The van der Waals surface area contributed by atoms with Crippen LogP contribution >= 0.6 is 0 Å². The van der Waals surface area contributed by atoms with Crippen LogP contribution in [0.25, 0.3) is 0 Å². The minimum absolute atomic E-state index is 0.0456. The van der Waals surface area contributed by atoms with Gasteiger partial charge in [-0.15, -0.1) is 0 Å².